The van der Waals surface area contributed by atoms with Crippen LogP contribution in [0.5, 0.6) is 0 Å². The molecule has 5 heteroatoms. The smallest absolute Gasteiger partial charge is 0.345 e. The van der Waals surface area contributed by atoms with Crippen molar-refractivity contribution in [1.82, 2.24) is 0 Å². The number of carboxylic acids is 1. The maximum Gasteiger partial charge on any atom is 0.345 e. The molecule has 0 saturated heterocycles. The summed E-state index contributed by atoms with van der Waals surface area (Å²) in [6.07, 6.45) is 0.783. The molecular formula is C14H14O5. The second-order valence-corrected chi connectivity index (χ2v) is 3.81. The van der Waals surface area contributed by atoms with E-state index in [1.54, 1.807) is 31.2 Å². The maximum atomic E-state index is 11.8. The van der Waals surface area contributed by atoms with E-state index in [9.17, 15) is 14.4 Å². The molecule has 0 spiro atoms. The summed E-state index contributed by atoms with van der Waals surface area (Å²) in [6, 6.07) is 6.59. The number of aliphatic carboxylic acids is 1. The maximum absolute atomic E-state index is 11.8. The average molecular weight is 262 g/mol. The molecule has 5 nitrogen and oxygen atoms in total. The van der Waals surface area contributed by atoms with Crippen molar-refractivity contribution in [3.63, 3.8) is 0 Å². The Labute approximate surface area is 110 Å². The van der Waals surface area contributed by atoms with Gasteiger partial charge in [0.15, 0.2) is 5.78 Å². The first-order chi connectivity index (χ1) is 8.95. The standard InChI is InChI=1S/C14H14O5/c1-3-19-14(18)11(13(16)17)8-12(15)10-6-4-9(2)5-7-10/h4-8H,3H2,1-2H3,(H,16,17). The molecule has 0 aliphatic carbocycles. The quantitative estimate of drug-likeness (QED) is 0.287. The van der Waals surface area contributed by atoms with E-state index in [1.807, 2.05) is 6.92 Å². The van der Waals surface area contributed by atoms with Crippen molar-refractivity contribution in [2.75, 3.05) is 6.61 Å². The third-order valence-corrected chi connectivity index (χ3v) is 2.34. The second kappa shape index (κ2) is 6.49. The van der Waals surface area contributed by atoms with Gasteiger partial charge in [0, 0.05) is 11.6 Å². The van der Waals surface area contributed by atoms with Gasteiger partial charge in [-0.15, -0.1) is 0 Å². The van der Waals surface area contributed by atoms with Crippen LogP contribution in [-0.2, 0) is 14.3 Å². The van der Waals surface area contributed by atoms with Crippen molar-refractivity contribution in [3.05, 3.63) is 47.0 Å². The number of hydrogen-bond acceptors (Lipinski definition) is 4. The van der Waals surface area contributed by atoms with E-state index in [4.69, 9.17) is 5.11 Å². The van der Waals surface area contributed by atoms with Gasteiger partial charge in [-0.25, -0.2) is 9.59 Å². The molecule has 0 radical (unpaired) electrons. The molecule has 0 fully saturated rings. The first kappa shape index (κ1) is 14.6. The monoisotopic (exact) mass is 262 g/mol. The van der Waals surface area contributed by atoms with Gasteiger partial charge < -0.3 is 9.84 Å². The largest absolute Gasteiger partial charge is 0.477 e. The highest BCUT2D eigenvalue weighted by atomic mass is 16.5. The van der Waals surface area contributed by atoms with Crippen molar-refractivity contribution in [2.45, 2.75) is 13.8 Å². The Bertz CT molecular complexity index is 525. The predicted molar refractivity (Wildman–Crippen MR) is 67.9 cm³/mol. The van der Waals surface area contributed by atoms with Gasteiger partial charge in [0.05, 0.1) is 6.61 Å². The SMILES string of the molecule is CCOC(=O)C(=CC(=O)c1ccc(C)cc1)C(=O)O. The van der Waals surface area contributed by atoms with Crippen molar-refractivity contribution >= 4 is 17.7 Å². The third-order valence-electron chi connectivity index (χ3n) is 2.34. The summed E-state index contributed by atoms with van der Waals surface area (Å²) in [7, 11) is 0. The summed E-state index contributed by atoms with van der Waals surface area (Å²) < 4.78 is 4.58. The molecule has 0 bridgehead atoms. The van der Waals surface area contributed by atoms with Crippen LogP contribution >= 0.6 is 0 Å². The molecule has 0 aromatic heterocycles. The number of carboxylic acid groups (broad SMARTS) is 1. The van der Waals surface area contributed by atoms with Gasteiger partial charge >= 0.3 is 11.9 Å². The lowest BCUT2D eigenvalue weighted by atomic mass is 10.1. The molecule has 1 N–H and O–H groups in total. The summed E-state index contributed by atoms with van der Waals surface area (Å²) in [5.74, 6) is -3.06. The summed E-state index contributed by atoms with van der Waals surface area (Å²) >= 11 is 0. The van der Waals surface area contributed by atoms with E-state index < -0.39 is 23.3 Å². The molecule has 0 unspecified atom stereocenters. The minimum absolute atomic E-state index is 0.0438. The van der Waals surface area contributed by atoms with Crippen LogP contribution in [0.3, 0.4) is 0 Å². The molecule has 0 aliphatic heterocycles. The average Bonchev–Trinajstić information content (AvgIpc) is 2.36. The molecule has 1 rings (SSSR count). The molecular weight excluding hydrogens is 248 g/mol. The molecule has 0 heterocycles. The summed E-state index contributed by atoms with van der Waals surface area (Å²) in [5, 5.41) is 8.89. The molecule has 0 saturated carbocycles. The summed E-state index contributed by atoms with van der Waals surface area (Å²) in [6.45, 7) is 3.47. The number of rotatable bonds is 5. The van der Waals surface area contributed by atoms with Gasteiger partial charge in [-0.1, -0.05) is 29.8 Å². The molecule has 100 valence electrons. The highest BCUT2D eigenvalue weighted by molar-refractivity contribution is 6.19. The predicted octanol–water partition coefficient (Wildman–Crippen LogP) is 1.75. The lowest BCUT2D eigenvalue weighted by Crippen LogP contribution is -2.17. The van der Waals surface area contributed by atoms with Crippen molar-refractivity contribution in [2.24, 2.45) is 0 Å². The van der Waals surface area contributed by atoms with Crippen LogP contribution in [0, 0.1) is 6.92 Å². The molecule has 0 amide bonds. The van der Waals surface area contributed by atoms with E-state index >= 15 is 0 Å². The topological polar surface area (TPSA) is 80.7 Å². The lowest BCUT2D eigenvalue weighted by molar-refractivity contribution is -0.143. The van der Waals surface area contributed by atoms with Crippen LogP contribution in [0.15, 0.2) is 35.9 Å². The van der Waals surface area contributed by atoms with Gasteiger partial charge in [0.25, 0.3) is 0 Å². The molecule has 0 aliphatic rings. The number of aryl methyl sites for hydroxylation is 1. The normalized spacial score (nSPS) is 10.9. The van der Waals surface area contributed by atoms with E-state index in [0.717, 1.165) is 11.6 Å². The van der Waals surface area contributed by atoms with Crippen LogP contribution in [0.2, 0.25) is 0 Å². The van der Waals surface area contributed by atoms with Crippen molar-refractivity contribution in [1.29, 1.82) is 0 Å². The number of carbonyl (C=O) groups excluding carboxylic acids is 2. The molecule has 1 aromatic carbocycles. The zero-order chi connectivity index (χ0) is 14.4. The van der Waals surface area contributed by atoms with Gasteiger partial charge in [-0.05, 0) is 13.8 Å². The lowest BCUT2D eigenvalue weighted by Gasteiger charge is -2.02. The number of hydrogen-bond donors (Lipinski definition) is 1. The van der Waals surface area contributed by atoms with Crippen molar-refractivity contribution < 1.29 is 24.2 Å². The fraction of sp³-hybridized carbons (Fsp3) is 0.214. The Kier molecular flexibility index (Phi) is 5.00. The Morgan fingerprint density at radius 1 is 1.21 bits per heavy atom. The number of ketones is 1. The van der Waals surface area contributed by atoms with Crippen LogP contribution in [0.1, 0.15) is 22.8 Å². The third kappa shape index (κ3) is 4.06. The van der Waals surface area contributed by atoms with Crippen LogP contribution in [-0.4, -0.2) is 29.4 Å². The molecule has 0 atom stereocenters. The van der Waals surface area contributed by atoms with Gasteiger partial charge in [0.2, 0.25) is 0 Å². The van der Waals surface area contributed by atoms with Crippen LogP contribution in [0.4, 0.5) is 0 Å². The van der Waals surface area contributed by atoms with Gasteiger partial charge in [0.1, 0.15) is 5.57 Å². The number of esters is 1. The Hall–Kier alpha value is -2.43. The fourth-order valence-electron chi connectivity index (χ4n) is 1.35. The minimum atomic E-state index is -1.49. The molecule has 1 aromatic rings. The van der Waals surface area contributed by atoms with Gasteiger partial charge in [-0.2, -0.15) is 0 Å². The number of allylic oxidation sites excluding steroid dienone is 1. The van der Waals surface area contributed by atoms with E-state index in [1.165, 1.54) is 0 Å². The number of ether oxygens (including phenoxy) is 1. The zero-order valence-electron chi connectivity index (χ0n) is 10.7. The highest BCUT2D eigenvalue weighted by Gasteiger charge is 2.20. The fourth-order valence-corrected chi connectivity index (χ4v) is 1.35. The van der Waals surface area contributed by atoms with Crippen molar-refractivity contribution in [3.8, 4) is 0 Å². The van der Waals surface area contributed by atoms with Crippen LogP contribution < -0.4 is 0 Å². The summed E-state index contributed by atoms with van der Waals surface area (Å²) in [5.41, 5.74) is 0.616. The van der Waals surface area contributed by atoms with Crippen LogP contribution in [0.25, 0.3) is 0 Å². The minimum Gasteiger partial charge on any atom is -0.477 e. The van der Waals surface area contributed by atoms with E-state index in [0.29, 0.717) is 5.56 Å². The molecule has 19 heavy (non-hydrogen) atoms. The highest BCUT2D eigenvalue weighted by Crippen LogP contribution is 2.08. The first-order valence-electron chi connectivity index (χ1n) is 5.68. The second-order valence-electron chi connectivity index (χ2n) is 3.81. The van der Waals surface area contributed by atoms with E-state index in [2.05, 4.69) is 4.74 Å². The zero-order valence-corrected chi connectivity index (χ0v) is 10.7. The van der Waals surface area contributed by atoms with Gasteiger partial charge in [-0.3, -0.25) is 4.79 Å². The Balaban J connectivity index is 3.02. The summed E-state index contributed by atoms with van der Waals surface area (Å²) in [4.78, 5) is 34.1. The Morgan fingerprint density at radius 2 is 1.79 bits per heavy atom. The number of benzene rings is 1. The van der Waals surface area contributed by atoms with E-state index in [-0.39, 0.29) is 6.61 Å². The number of carbonyl (C=O) groups is 3. The first-order valence-corrected chi connectivity index (χ1v) is 5.68. The Morgan fingerprint density at radius 3 is 2.26 bits per heavy atom.